The number of ether oxygens (including phenoxy) is 1. The molecule has 4 heteroatoms. The molecule has 0 fully saturated rings. The van der Waals surface area contributed by atoms with Crippen molar-refractivity contribution in [2.24, 2.45) is 0 Å². The van der Waals surface area contributed by atoms with Gasteiger partial charge >= 0.3 is 0 Å². The number of alkyl halides is 1. The van der Waals surface area contributed by atoms with Crippen molar-refractivity contribution in [2.45, 2.75) is 6.10 Å². The van der Waals surface area contributed by atoms with E-state index in [4.69, 9.17) is 39.5 Å². The van der Waals surface area contributed by atoms with Crippen molar-refractivity contribution in [1.29, 1.82) is 0 Å². The summed E-state index contributed by atoms with van der Waals surface area (Å²) in [5.41, 5.74) is 2.08. The van der Waals surface area contributed by atoms with Crippen LogP contribution < -0.4 is 0 Å². The lowest BCUT2D eigenvalue weighted by Crippen LogP contribution is -2.08. The Morgan fingerprint density at radius 3 is 1.58 bits per heavy atom. The summed E-state index contributed by atoms with van der Waals surface area (Å²) in [6, 6.07) is 15.2. The van der Waals surface area contributed by atoms with Crippen LogP contribution >= 0.6 is 34.8 Å². The molecule has 0 heterocycles. The Morgan fingerprint density at radius 1 is 0.789 bits per heavy atom. The Labute approximate surface area is 128 Å². The molecule has 0 spiro atoms. The highest BCUT2D eigenvalue weighted by molar-refractivity contribution is 6.30. The Bertz CT molecular complexity index is 462. The molecule has 0 atom stereocenters. The second-order valence-electron chi connectivity index (χ2n) is 4.04. The van der Waals surface area contributed by atoms with Crippen LogP contribution in [0.2, 0.25) is 10.0 Å². The fourth-order valence-electron chi connectivity index (χ4n) is 1.82. The van der Waals surface area contributed by atoms with Crippen LogP contribution in [0.15, 0.2) is 48.5 Å². The van der Waals surface area contributed by atoms with Crippen LogP contribution in [-0.4, -0.2) is 12.5 Å². The van der Waals surface area contributed by atoms with E-state index in [1.54, 1.807) is 0 Å². The van der Waals surface area contributed by atoms with Crippen LogP contribution in [0, 0.1) is 0 Å². The highest BCUT2D eigenvalue weighted by atomic mass is 35.5. The quantitative estimate of drug-likeness (QED) is 0.677. The number of halogens is 3. The zero-order chi connectivity index (χ0) is 13.7. The van der Waals surface area contributed by atoms with E-state index in [0.717, 1.165) is 11.1 Å². The fourth-order valence-corrected chi connectivity index (χ4v) is 2.16. The van der Waals surface area contributed by atoms with Crippen molar-refractivity contribution >= 4 is 34.8 Å². The van der Waals surface area contributed by atoms with Crippen molar-refractivity contribution in [3.63, 3.8) is 0 Å². The first kappa shape index (κ1) is 14.7. The summed E-state index contributed by atoms with van der Waals surface area (Å²) in [4.78, 5) is 0. The maximum Gasteiger partial charge on any atom is 0.108 e. The lowest BCUT2D eigenvalue weighted by molar-refractivity contribution is 0.0929. The van der Waals surface area contributed by atoms with E-state index in [1.807, 2.05) is 48.5 Å². The molecule has 0 aliphatic rings. The second kappa shape index (κ2) is 7.16. The van der Waals surface area contributed by atoms with Gasteiger partial charge in [0.05, 0.1) is 6.61 Å². The van der Waals surface area contributed by atoms with E-state index in [-0.39, 0.29) is 6.10 Å². The first-order valence-electron chi connectivity index (χ1n) is 5.89. The lowest BCUT2D eigenvalue weighted by atomic mass is 10.0. The summed E-state index contributed by atoms with van der Waals surface area (Å²) in [6.07, 6.45) is -0.159. The minimum atomic E-state index is -0.159. The first-order valence-corrected chi connectivity index (χ1v) is 7.18. The molecule has 2 aromatic carbocycles. The lowest BCUT2D eigenvalue weighted by Gasteiger charge is -2.18. The maximum absolute atomic E-state index is 5.91. The molecular formula is C15H13Cl3O. The molecule has 0 bridgehead atoms. The largest absolute Gasteiger partial charge is 0.368 e. The number of benzene rings is 2. The van der Waals surface area contributed by atoms with Crippen LogP contribution in [0.5, 0.6) is 0 Å². The van der Waals surface area contributed by atoms with Gasteiger partial charge in [0.1, 0.15) is 6.10 Å². The summed E-state index contributed by atoms with van der Waals surface area (Å²) < 4.78 is 5.83. The van der Waals surface area contributed by atoms with Gasteiger partial charge in [0.25, 0.3) is 0 Å². The SMILES string of the molecule is ClCCOC(c1ccc(Cl)cc1)c1ccc(Cl)cc1. The molecule has 0 radical (unpaired) electrons. The monoisotopic (exact) mass is 314 g/mol. The predicted molar refractivity (Wildman–Crippen MR) is 81.4 cm³/mol. The van der Waals surface area contributed by atoms with E-state index in [2.05, 4.69) is 0 Å². The molecule has 0 aliphatic heterocycles. The molecule has 2 rings (SSSR count). The summed E-state index contributed by atoms with van der Waals surface area (Å²) in [7, 11) is 0. The molecular weight excluding hydrogens is 303 g/mol. The Kier molecular flexibility index (Phi) is 5.53. The van der Waals surface area contributed by atoms with Crippen molar-refractivity contribution in [2.75, 3.05) is 12.5 Å². The van der Waals surface area contributed by atoms with Gasteiger partial charge in [-0.15, -0.1) is 11.6 Å². The topological polar surface area (TPSA) is 9.23 Å². The molecule has 0 amide bonds. The smallest absolute Gasteiger partial charge is 0.108 e. The van der Waals surface area contributed by atoms with Crippen LogP contribution in [0.25, 0.3) is 0 Å². The van der Waals surface area contributed by atoms with Gasteiger partial charge in [-0.1, -0.05) is 47.5 Å². The molecule has 2 aromatic rings. The van der Waals surface area contributed by atoms with Crippen LogP contribution in [-0.2, 0) is 4.74 Å². The van der Waals surface area contributed by atoms with Gasteiger partial charge in [0.15, 0.2) is 0 Å². The minimum Gasteiger partial charge on any atom is -0.368 e. The maximum atomic E-state index is 5.91. The van der Waals surface area contributed by atoms with Crippen molar-refractivity contribution in [3.8, 4) is 0 Å². The predicted octanol–water partition coefficient (Wildman–Crippen LogP) is 5.34. The highest BCUT2D eigenvalue weighted by Crippen LogP contribution is 2.28. The van der Waals surface area contributed by atoms with E-state index >= 15 is 0 Å². The molecule has 0 saturated carbocycles. The zero-order valence-corrected chi connectivity index (χ0v) is 12.4. The van der Waals surface area contributed by atoms with Gasteiger partial charge in [0, 0.05) is 15.9 Å². The summed E-state index contributed by atoms with van der Waals surface area (Å²) in [5.74, 6) is 0.456. The molecule has 0 aromatic heterocycles. The molecule has 0 saturated heterocycles. The van der Waals surface area contributed by atoms with Crippen LogP contribution in [0.1, 0.15) is 17.2 Å². The van der Waals surface area contributed by atoms with E-state index in [0.29, 0.717) is 22.5 Å². The molecule has 19 heavy (non-hydrogen) atoms. The van der Waals surface area contributed by atoms with Crippen molar-refractivity contribution in [3.05, 3.63) is 69.7 Å². The second-order valence-corrected chi connectivity index (χ2v) is 5.29. The van der Waals surface area contributed by atoms with Gasteiger partial charge < -0.3 is 4.74 Å². The van der Waals surface area contributed by atoms with Crippen LogP contribution in [0.3, 0.4) is 0 Å². The Morgan fingerprint density at radius 2 is 1.21 bits per heavy atom. The summed E-state index contributed by atoms with van der Waals surface area (Å²) >= 11 is 17.5. The van der Waals surface area contributed by atoms with Crippen molar-refractivity contribution < 1.29 is 4.74 Å². The number of hydrogen-bond acceptors (Lipinski definition) is 1. The van der Waals surface area contributed by atoms with Gasteiger partial charge in [-0.05, 0) is 35.4 Å². The fraction of sp³-hybridized carbons (Fsp3) is 0.200. The summed E-state index contributed by atoms with van der Waals surface area (Å²) in [6.45, 7) is 0.484. The third-order valence-electron chi connectivity index (χ3n) is 2.71. The van der Waals surface area contributed by atoms with Gasteiger partial charge in [-0.3, -0.25) is 0 Å². The molecule has 100 valence electrons. The van der Waals surface area contributed by atoms with Gasteiger partial charge in [0.2, 0.25) is 0 Å². The average molecular weight is 316 g/mol. The minimum absolute atomic E-state index is 0.159. The Hall–Kier alpha value is -0.730. The molecule has 1 nitrogen and oxygen atoms in total. The third kappa shape index (κ3) is 4.12. The first-order chi connectivity index (χ1) is 9.20. The molecule has 0 aliphatic carbocycles. The number of rotatable bonds is 5. The average Bonchev–Trinajstić information content (AvgIpc) is 2.43. The van der Waals surface area contributed by atoms with Crippen LogP contribution in [0.4, 0.5) is 0 Å². The zero-order valence-electron chi connectivity index (χ0n) is 10.2. The summed E-state index contributed by atoms with van der Waals surface area (Å²) in [5, 5.41) is 1.41. The molecule has 0 N–H and O–H groups in total. The normalized spacial score (nSPS) is 10.9. The number of hydrogen-bond donors (Lipinski definition) is 0. The van der Waals surface area contributed by atoms with E-state index in [9.17, 15) is 0 Å². The standard InChI is InChI=1S/C15H13Cl3O/c16-9-10-19-15(11-1-5-13(17)6-2-11)12-3-7-14(18)8-4-12/h1-8,15H,9-10H2. The van der Waals surface area contributed by atoms with Crippen molar-refractivity contribution in [1.82, 2.24) is 0 Å². The van der Waals surface area contributed by atoms with E-state index < -0.39 is 0 Å². The third-order valence-corrected chi connectivity index (χ3v) is 3.37. The molecule has 0 unspecified atom stereocenters. The Balaban J connectivity index is 2.29. The van der Waals surface area contributed by atoms with Gasteiger partial charge in [-0.2, -0.15) is 0 Å². The van der Waals surface area contributed by atoms with E-state index in [1.165, 1.54) is 0 Å². The van der Waals surface area contributed by atoms with Gasteiger partial charge in [-0.25, -0.2) is 0 Å². The highest BCUT2D eigenvalue weighted by Gasteiger charge is 2.14.